The minimum atomic E-state index is -1.06. The van der Waals surface area contributed by atoms with Gasteiger partial charge in [0.2, 0.25) is 0 Å². The molecule has 1 heterocycles. The standard InChI is InChI=1S/C11H12N2O3/c1-6-2-3-9-8(4-6)13-10(16-9)5-7(12)11(14)15/h2-4,7H,5,12H2,1H3,(H,14,15)/t7-/m0/s1. The number of fused-ring (bicyclic) bond motifs is 1. The lowest BCUT2D eigenvalue weighted by atomic mass is 10.2. The molecule has 0 spiro atoms. The summed E-state index contributed by atoms with van der Waals surface area (Å²) in [5, 5.41) is 8.67. The van der Waals surface area contributed by atoms with Gasteiger partial charge in [0.1, 0.15) is 11.6 Å². The summed E-state index contributed by atoms with van der Waals surface area (Å²) in [6.07, 6.45) is 0.100. The number of carbonyl (C=O) groups is 1. The van der Waals surface area contributed by atoms with Crippen LogP contribution in [0.15, 0.2) is 22.6 Å². The second-order valence-electron chi connectivity index (χ2n) is 3.73. The number of oxazole rings is 1. The van der Waals surface area contributed by atoms with Crippen molar-refractivity contribution in [2.75, 3.05) is 0 Å². The van der Waals surface area contributed by atoms with Crippen LogP contribution in [-0.2, 0) is 11.2 Å². The molecule has 0 radical (unpaired) electrons. The van der Waals surface area contributed by atoms with Crippen LogP contribution in [0.5, 0.6) is 0 Å². The Bertz CT molecular complexity index is 533. The molecule has 0 amide bonds. The van der Waals surface area contributed by atoms with Gasteiger partial charge in [-0.25, -0.2) is 4.98 Å². The van der Waals surface area contributed by atoms with E-state index in [1.165, 1.54) is 0 Å². The maximum absolute atomic E-state index is 10.6. The monoisotopic (exact) mass is 220 g/mol. The van der Waals surface area contributed by atoms with E-state index in [-0.39, 0.29) is 6.42 Å². The van der Waals surface area contributed by atoms with Crippen LogP contribution in [0.4, 0.5) is 0 Å². The number of aryl methyl sites for hydroxylation is 1. The van der Waals surface area contributed by atoms with Crippen LogP contribution in [0.3, 0.4) is 0 Å². The normalized spacial score (nSPS) is 12.9. The Morgan fingerprint density at radius 3 is 3.06 bits per heavy atom. The molecular weight excluding hydrogens is 208 g/mol. The van der Waals surface area contributed by atoms with E-state index < -0.39 is 12.0 Å². The van der Waals surface area contributed by atoms with E-state index in [0.717, 1.165) is 11.1 Å². The molecule has 0 unspecified atom stereocenters. The van der Waals surface area contributed by atoms with E-state index in [4.69, 9.17) is 15.3 Å². The largest absolute Gasteiger partial charge is 0.480 e. The zero-order chi connectivity index (χ0) is 11.7. The summed E-state index contributed by atoms with van der Waals surface area (Å²) in [7, 11) is 0. The number of carboxylic acid groups (broad SMARTS) is 1. The number of aromatic nitrogens is 1. The molecule has 1 aromatic heterocycles. The van der Waals surface area contributed by atoms with Crippen molar-refractivity contribution in [1.82, 2.24) is 4.98 Å². The molecular formula is C11H12N2O3. The first-order chi connectivity index (χ1) is 7.56. The Kier molecular flexibility index (Phi) is 2.62. The number of rotatable bonds is 3. The van der Waals surface area contributed by atoms with Crippen molar-refractivity contribution in [2.24, 2.45) is 5.73 Å². The Morgan fingerprint density at radius 2 is 2.38 bits per heavy atom. The second-order valence-corrected chi connectivity index (χ2v) is 3.73. The summed E-state index contributed by atoms with van der Waals surface area (Å²) in [4.78, 5) is 14.8. The fourth-order valence-corrected chi connectivity index (χ4v) is 1.45. The van der Waals surface area contributed by atoms with Crippen molar-refractivity contribution < 1.29 is 14.3 Å². The molecule has 5 nitrogen and oxygen atoms in total. The summed E-state index contributed by atoms with van der Waals surface area (Å²) in [5.74, 6) is -0.700. The van der Waals surface area contributed by atoms with Gasteiger partial charge in [-0.15, -0.1) is 0 Å². The van der Waals surface area contributed by atoms with Crippen molar-refractivity contribution >= 4 is 17.1 Å². The topological polar surface area (TPSA) is 89.3 Å². The highest BCUT2D eigenvalue weighted by atomic mass is 16.4. The van der Waals surface area contributed by atoms with Gasteiger partial charge in [-0.05, 0) is 24.6 Å². The van der Waals surface area contributed by atoms with Crippen molar-refractivity contribution in [3.05, 3.63) is 29.7 Å². The van der Waals surface area contributed by atoms with Crippen LogP contribution in [-0.4, -0.2) is 22.1 Å². The Balaban J connectivity index is 2.29. The third-order valence-electron chi connectivity index (χ3n) is 2.30. The van der Waals surface area contributed by atoms with Gasteiger partial charge in [0.15, 0.2) is 11.5 Å². The Labute approximate surface area is 91.9 Å². The van der Waals surface area contributed by atoms with Crippen molar-refractivity contribution in [3.8, 4) is 0 Å². The quantitative estimate of drug-likeness (QED) is 0.808. The lowest BCUT2D eigenvalue weighted by Gasteiger charge is -2.00. The molecule has 0 aliphatic heterocycles. The van der Waals surface area contributed by atoms with E-state index in [9.17, 15) is 4.79 Å². The van der Waals surface area contributed by atoms with Gasteiger partial charge in [-0.1, -0.05) is 6.07 Å². The van der Waals surface area contributed by atoms with Gasteiger partial charge in [0, 0.05) is 0 Å². The average molecular weight is 220 g/mol. The van der Waals surface area contributed by atoms with Crippen LogP contribution < -0.4 is 5.73 Å². The fraction of sp³-hybridized carbons (Fsp3) is 0.273. The number of nitrogens with two attached hydrogens (primary N) is 1. The zero-order valence-electron chi connectivity index (χ0n) is 8.80. The van der Waals surface area contributed by atoms with Crippen LogP contribution in [0, 0.1) is 6.92 Å². The van der Waals surface area contributed by atoms with E-state index in [2.05, 4.69) is 4.98 Å². The highest BCUT2D eigenvalue weighted by Crippen LogP contribution is 2.17. The van der Waals surface area contributed by atoms with Gasteiger partial charge >= 0.3 is 5.97 Å². The summed E-state index contributed by atoms with van der Waals surface area (Å²) < 4.78 is 5.39. The van der Waals surface area contributed by atoms with Gasteiger partial charge in [-0.3, -0.25) is 4.79 Å². The first-order valence-corrected chi connectivity index (χ1v) is 4.91. The molecule has 5 heteroatoms. The number of hydrogen-bond donors (Lipinski definition) is 2. The van der Waals surface area contributed by atoms with E-state index in [0.29, 0.717) is 11.5 Å². The zero-order valence-corrected chi connectivity index (χ0v) is 8.80. The van der Waals surface area contributed by atoms with Gasteiger partial charge < -0.3 is 15.3 Å². The van der Waals surface area contributed by atoms with E-state index in [1.807, 2.05) is 25.1 Å². The summed E-state index contributed by atoms with van der Waals surface area (Å²) >= 11 is 0. The maximum atomic E-state index is 10.6. The number of aliphatic carboxylic acids is 1. The van der Waals surface area contributed by atoms with Gasteiger partial charge in [0.25, 0.3) is 0 Å². The van der Waals surface area contributed by atoms with E-state index in [1.54, 1.807) is 0 Å². The third-order valence-corrected chi connectivity index (χ3v) is 2.30. The molecule has 1 aromatic carbocycles. The highest BCUT2D eigenvalue weighted by molar-refractivity contribution is 5.75. The third kappa shape index (κ3) is 2.04. The number of benzene rings is 1. The Hall–Kier alpha value is -1.88. The van der Waals surface area contributed by atoms with Crippen LogP contribution in [0.2, 0.25) is 0 Å². The molecule has 0 aliphatic carbocycles. The van der Waals surface area contributed by atoms with E-state index >= 15 is 0 Å². The Morgan fingerprint density at radius 1 is 1.62 bits per heavy atom. The van der Waals surface area contributed by atoms with Crippen molar-refractivity contribution in [2.45, 2.75) is 19.4 Å². The maximum Gasteiger partial charge on any atom is 0.321 e. The van der Waals surface area contributed by atoms with Crippen molar-refractivity contribution in [3.63, 3.8) is 0 Å². The minimum Gasteiger partial charge on any atom is -0.480 e. The molecule has 0 fully saturated rings. The highest BCUT2D eigenvalue weighted by Gasteiger charge is 2.16. The van der Waals surface area contributed by atoms with Gasteiger partial charge in [0.05, 0.1) is 6.42 Å². The first-order valence-electron chi connectivity index (χ1n) is 4.91. The predicted molar refractivity (Wildman–Crippen MR) is 58.1 cm³/mol. The molecule has 1 atom stereocenters. The minimum absolute atomic E-state index is 0.100. The lowest BCUT2D eigenvalue weighted by Crippen LogP contribution is -2.32. The summed E-state index contributed by atoms with van der Waals surface area (Å²) in [6.45, 7) is 1.96. The lowest BCUT2D eigenvalue weighted by molar-refractivity contribution is -0.138. The van der Waals surface area contributed by atoms with Crippen molar-refractivity contribution in [1.29, 1.82) is 0 Å². The van der Waals surface area contributed by atoms with Crippen LogP contribution in [0.25, 0.3) is 11.1 Å². The number of carboxylic acids is 1. The molecule has 0 bridgehead atoms. The van der Waals surface area contributed by atoms with Gasteiger partial charge in [-0.2, -0.15) is 0 Å². The average Bonchev–Trinajstić information content (AvgIpc) is 2.58. The number of nitrogens with zero attached hydrogens (tertiary/aromatic N) is 1. The number of hydrogen-bond acceptors (Lipinski definition) is 4. The fourth-order valence-electron chi connectivity index (χ4n) is 1.45. The molecule has 0 saturated heterocycles. The predicted octanol–water partition coefficient (Wildman–Crippen LogP) is 1.09. The molecule has 0 saturated carbocycles. The molecule has 2 rings (SSSR count). The molecule has 16 heavy (non-hydrogen) atoms. The molecule has 0 aliphatic rings. The summed E-state index contributed by atoms with van der Waals surface area (Å²) in [5.41, 5.74) is 7.86. The molecule has 3 N–H and O–H groups in total. The van der Waals surface area contributed by atoms with Crippen LogP contribution in [0.1, 0.15) is 11.5 Å². The first kappa shape index (κ1) is 10.6. The van der Waals surface area contributed by atoms with Crippen LogP contribution >= 0.6 is 0 Å². The summed E-state index contributed by atoms with van der Waals surface area (Å²) in [6, 6.07) is 4.63. The second kappa shape index (κ2) is 3.94. The molecule has 84 valence electrons. The SMILES string of the molecule is Cc1ccc2oc(C[C@H](N)C(=O)O)nc2c1. The smallest absolute Gasteiger partial charge is 0.321 e. The molecule has 2 aromatic rings.